The standard InChI is InChI=1S/C11H13ClN2O2S/c12-9-5-13-8(4-14-9)6-17-7-11(1-2-11)3-10(15)16/h4-5H,1-3,6-7H2,(H,15,16). The van der Waals surface area contributed by atoms with Gasteiger partial charge in [0.25, 0.3) is 0 Å². The second kappa shape index (κ2) is 5.23. The van der Waals surface area contributed by atoms with Crippen molar-refractivity contribution in [3.8, 4) is 0 Å². The minimum atomic E-state index is -0.700. The lowest BCUT2D eigenvalue weighted by Crippen LogP contribution is -2.11. The molecule has 1 aromatic rings. The molecular formula is C11H13ClN2O2S. The lowest BCUT2D eigenvalue weighted by atomic mass is 10.1. The van der Waals surface area contributed by atoms with Gasteiger partial charge >= 0.3 is 5.97 Å². The minimum absolute atomic E-state index is 0.0380. The van der Waals surface area contributed by atoms with E-state index in [0.717, 1.165) is 30.0 Å². The number of nitrogens with zero attached hydrogens (tertiary/aromatic N) is 2. The molecule has 2 rings (SSSR count). The van der Waals surface area contributed by atoms with Crippen LogP contribution in [0.1, 0.15) is 25.0 Å². The van der Waals surface area contributed by atoms with Crippen molar-refractivity contribution in [2.24, 2.45) is 5.41 Å². The smallest absolute Gasteiger partial charge is 0.303 e. The van der Waals surface area contributed by atoms with Crippen molar-refractivity contribution in [1.29, 1.82) is 0 Å². The summed E-state index contributed by atoms with van der Waals surface area (Å²) in [5.41, 5.74) is 0.918. The fourth-order valence-electron chi connectivity index (χ4n) is 1.66. The number of halogens is 1. The molecule has 1 aromatic heterocycles. The highest BCUT2D eigenvalue weighted by Gasteiger charge is 2.43. The lowest BCUT2D eigenvalue weighted by molar-refractivity contribution is -0.138. The third kappa shape index (κ3) is 3.85. The average Bonchev–Trinajstić information content (AvgIpc) is 3.00. The number of hydrogen-bond acceptors (Lipinski definition) is 4. The number of carboxylic acids is 1. The number of aromatic nitrogens is 2. The molecule has 1 aliphatic rings. The molecule has 0 spiro atoms. The maximum atomic E-state index is 10.7. The predicted molar refractivity (Wildman–Crippen MR) is 67.1 cm³/mol. The van der Waals surface area contributed by atoms with Gasteiger partial charge in [-0.15, -0.1) is 0 Å². The van der Waals surface area contributed by atoms with Gasteiger partial charge in [0.1, 0.15) is 5.15 Å². The van der Waals surface area contributed by atoms with Gasteiger partial charge in [-0.1, -0.05) is 11.6 Å². The van der Waals surface area contributed by atoms with Crippen LogP contribution in [0.3, 0.4) is 0 Å². The fourth-order valence-corrected chi connectivity index (χ4v) is 3.04. The molecular weight excluding hydrogens is 260 g/mol. The van der Waals surface area contributed by atoms with Crippen molar-refractivity contribution in [3.05, 3.63) is 23.2 Å². The Morgan fingerprint density at radius 1 is 1.47 bits per heavy atom. The third-order valence-corrected chi connectivity index (χ3v) is 4.33. The first-order valence-electron chi connectivity index (χ1n) is 5.36. The average molecular weight is 273 g/mol. The lowest BCUT2D eigenvalue weighted by Gasteiger charge is -2.11. The number of thioether (sulfide) groups is 1. The summed E-state index contributed by atoms with van der Waals surface area (Å²) in [6.45, 7) is 0. The van der Waals surface area contributed by atoms with E-state index in [4.69, 9.17) is 16.7 Å². The zero-order valence-corrected chi connectivity index (χ0v) is 10.8. The van der Waals surface area contributed by atoms with Crippen LogP contribution in [0.5, 0.6) is 0 Å². The molecule has 1 saturated carbocycles. The summed E-state index contributed by atoms with van der Waals surface area (Å²) >= 11 is 7.35. The molecule has 4 nitrogen and oxygen atoms in total. The van der Waals surface area contributed by atoms with Gasteiger partial charge in [0.2, 0.25) is 0 Å². The summed E-state index contributed by atoms with van der Waals surface area (Å²) in [7, 11) is 0. The van der Waals surface area contributed by atoms with Crippen molar-refractivity contribution < 1.29 is 9.90 Å². The molecule has 0 amide bonds. The Morgan fingerprint density at radius 3 is 2.76 bits per heavy atom. The molecule has 1 N–H and O–H groups in total. The van der Waals surface area contributed by atoms with E-state index >= 15 is 0 Å². The maximum Gasteiger partial charge on any atom is 0.303 e. The normalized spacial score (nSPS) is 16.8. The number of carbonyl (C=O) groups is 1. The minimum Gasteiger partial charge on any atom is -0.481 e. The summed E-state index contributed by atoms with van der Waals surface area (Å²) in [5, 5.41) is 9.18. The second-order valence-electron chi connectivity index (χ2n) is 4.39. The zero-order chi connectivity index (χ0) is 12.3. The molecule has 0 saturated heterocycles. The summed E-state index contributed by atoms with van der Waals surface area (Å²) in [6, 6.07) is 0. The molecule has 1 heterocycles. The number of rotatable bonds is 6. The van der Waals surface area contributed by atoms with Crippen molar-refractivity contribution in [3.63, 3.8) is 0 Å². The predicted octanol–water partition coefficient (Wildman–Crippen LogP) is 2.62. The van der Waals surface area contributed by atoms with Crippen LogP contribution in [-0.2, 0) is 10.5 Å². The molecule has 92 valence electrons. The van der Waals surface area contributed by atoms with E-state index < -0.39 is 5.97 Å². The van der Waals surface area contributed by atoms with Crippen molar-refractivity contribution in [1.82, 2.24) is 9.97 Å². The Hall–Kier alpha value is -0.810. The summed E-state index contributed by atoms with van der Waals surface area (Å²) in [4.78, 5) is 18.8. The number of aliphatic carboxylic acids is 1. The van der Waals surface area contributed by atoms with Crippen LogP contribution in [0, 0.1) is 5.41 Å². The molecule has 0 bridgehead atoms. The Kier molecular flexibility index (Phi) is 3.89. The number of hydrogen-bond donors (Lipinski definition) is 1. The Labute approximate surface area is 109 Å². The molecule has 1 aliphatic carbocycles. The van der Waals surface area contributed by atoms with Crippen LogP contribution in [0.4, 0.5) is 0 Å². The van der Waals surface area contributed by atoms with Crippen LogP contribution < -0.4 is 0 Å². The summed E-state index contributed by atoms with van der Waals surface area (Å²) < 4.78 is 0. The second-order valence-corrected chi connectivity index (χ2v) is 5.77. The SMILES string of the molecule is O=C(O)CC1(CSCc2cnc(Cl)cn2)CC1. The Balaban J connectivity index is 1.76. The molecule has 0 radical (unpaired) electrons. The van der Waals surface area contributed by atoms with Gasteiger partial charge < -0.3 is 5.11 Å². The van der Waals surface area contributed by atoms with E-state index in [1.165, 1.54) is 6.20 Å². The largest absolute Gasteiger partial charge is 0.481 e. The zero-order valence-electron chi connectivity index (χ0n) is 9.23. The quantitative estimate of drug-likeness (QED) is 0.862. The van der Waals surface area contributed by atoms with Crippen LogP contribution >= 0.6 is 23.4 Å². The Bertz CT molecular complexity index is 406. The topological polar surface area (TPSA) is 63.1 Å². The van der Waals surface area contributed by atoms with Gasteiger partial charge in [-0.3, -0.25) is 9.78 Å². The van der Waals surface area contributed by atoms with Crippen molar-refractivity contribution in [2.75, 3.05) is 5.75 Å². The molecule has 17 heavy (non-hydrogen) atoms. The first-order valence-corrected chi connectivity index (χ1v) is 6.89. The highest BCUT2D eigenvalue weighted by molar-refractivity contribution is 7.98. The van der Waals surface area contributed by atoms with E-state index in [0.29, 0.717) is 5.15 Å². The summed E-state index contributed by atoms with van der Waals surface area (Å²) in [6.07, 6.45) is 5.52. The molecule has 0 unspecified atom stereocenters. The molecule has 6 heteroatoms. The van der Waals surface area contributed by atoms with Gasteiger partial charge in [0, 0.05) is 5.75 Å². The van der Waals surface area contributed by atoms with E-state index in [1.54, 1.807) is 18.0 Å². The molecule has 0 aliphatic heterocycles. The van der Waals surface area contributed by atoms with Gasteiger partial charge in [-0.05, 0) is 24.0 Å². The van der Waals surface area contributed by atoms with Crippen LogP contribution in [0.15, 0.2) is 12.4 Å². The van der Waals surface area contributed by atoms with Gasteiger partial charge in [-0.2, -0.15) is 11.8 Å². The number of carboxylic acid groups (broad SMARTS) is 1. The van der Waals surface area contributed by atoms with Gasteiger partial charge in [-0.25, -0.2) is 4.98 Å². The van der Waals surface area contributed by atoms with E-state index in [-0.39, 0.29) is 11.8 Å². The molecule has 0 atom stereocenters. The van der Waals surface area contributed by atoms with E-state index in [2.05, 4.69) is 9.97 Å². The first-order chi connectivity index (χ1) is 8.10. The van der Waals surface area contributed by atoms with Crippen LogP contribution in [0.25, 0.3) is 0 Å². The highest BCUT2D eigenvalue weighted by atomic mass is 35.5. The van der Waals surface area contributed by atoms with E-state index in [9.17, 15) is 4.79 Å². The maximum absolute atomic E-state index is 10.7. The van der Waals surface area contributed by atoms with Crippen LogP contribution in [-0.4, -0.2) is 26.8 Å². The third-order valence-electron chi connectivity index (χ3n) is 2.82. The molecule has 1 fully saturated rings. The Morgan fingerprint density at radius 2 is 2.24 bits per heavy atom. The van der Waals surface area contributed by atoms with Crippen molar-refractivity contribution >= 4 is 29.3 Å². The van der Waals surface area contributed by atoms with Crippen LogP contribution in [0.2, 0.25) is 5.15 Å². The van der Waals surface area contributed by atoms with Crippen molar-refractivity contribution in [2.45, 2.75) is 25.0 Å². The van der Waals surface area contributed by atoms with Gasteiger partial charge in [0.05, 0.1) is 24.5 Å². The molecule has 0 aromatic carbocycles. The highest BCUT2D eigenvalue weighted by Crippen LogP contribution is 2.51. The first kappa shape index (κ1) is 12.6. The summed E-state index contributed by atoms with van der Waals surface area (Å²) in [5.74, 6) is 0.934. The fraction of sp³-hybridized carbons (Fsp3) is 0.545. The van der Waals surface area contributed by atoms with E-state index in [1.807, 2.05) is 0 Å². The van der Waals surface area contributed by atoms with Gasteiger partial charge in [0.15, 0.2) is 0 Å². The monoisotopic (exact) mass is 272 g/mol.